The quantitative estimate of drug-likeness (QED) is 0.635. The first-order valence-corrected chi connectivity index (χ1v) is 7.99. The second kappa shape index (κ2) is 6.67. The van der Waals surface area contributed by atoms with E-state index in [1.165, 1.54) is 7.11 Å². The van der Waals surface area contributed by atoms with Gasteiger partial charge in [-0.1, -0.05) is 30.3 Å². The highest BCUT2D eigenvalue weighted by molar-refractivity contribution is 7.90. The molecule has 0 saturated carbocycles. The van der Waals surface area contributed by atoms with Gasteiger partial charge in [-0.25, -0.2) is 8.42 Å². The zero-order chi connectivity index (χ0) is 15.3. The van der Waals surface area contributed by atoms with Crippen LogP contribution in [0.5, 0.6) is 0 Å². The number of allylic oxidation sites excluding steroid dienone is 1. The maximum Gasteiger partial charge on any atom is 0.313 e. The maximum atomic E-state index is 11.7. The van der Waals surface area contributed by atoms with Crippen LogP contribution in [0.15, 0.2) is 36.9 Å². The van der Waals surface area contributed by atoms with Crippen molar-refractivity contribution in [3.8, 4) is 0 Å². The number of carbonyl (C=O) groups excluding carboxylic acids is 1. The fraction of sp³-hybridized carbons (Fsp3) is 0.357. The monoisotopic (exact) mass is 297 g/mol. The molecule has 0 aromatic heterocycles. The molecular formula is C14H19NO4S. The van der Waals surface area contributed by atoms with Gasteiger partial charge in [-0.3, -0.25) is 4.79 Å². The molecule has 0 heterocycles. The Bertz CT molecular complexity index is 578. The summed E-state index contributed by atoms with van der Waals surface area (Å²) in [5.74, 6) is -0.800. The Morgan fingerprint density at radius 2 is 1.85 bits per heavy atom. The zero-order valence-electron chi connectivity index (χ0n) is 11.6. The largest absolute Gasteiger partial charge is 0.469 e. The van der Waals surface area contributed by atoms with Gasteiger partial charge in [-0.05, 0) is 17.5 Å². The lowest BCUT2D eigenvalue weighted by Gasteiger charge is -2.15. The van der Waals surface area contributed by atoms with Crippen LogP contribution < -0.4 is 5.73 Å². The van der Waals surface area contributed by atoms with E-state index < -0.39 is 21.1 Å². The summed E-state index contributed by atoms with van der Waals surface area (Å²) in [6, 6.07) is 6.59. The highest BCUT2D eigenvalue weighted by Gasteiger charge is 2.22. The predicted molar refractivity (Wildman–Crippen MR) is 77.8 cm³/mol. The fourth-order valence-electron chi connectivity index (χ4n) is 1.84. The third-order valence-electron chi connectivity index (χ3n) is 3.02. The minimum absolute atomic E-state index is 0.356. The van der Waals surface area contributed by atoms with Gasteiger partial charge in [0.05, 0.1) is 13.0 Å². The van der Waals surface area contributed by atoms with E-state index in [0.29, 0.717) is 12.0 Å². The highest BCUT2D eigenvalue weighted by atomic mass is 32.2. The molecule has 1 aromatic rings. The van der Waals surface area contributed by atoms with Crippen LogP contribution in [0.2, 0.25) is 0 Å². The maximum absolute atomic E-state index is 11.7. The molecule has 0 aliphatic carbocycles. The molecule has 0 aliphatic heterocycles. The zero-order valence-corrected chi connectivity index (χ0v) is 12.4. The molecule has 2 unspecified atom stereocenters. The van der Waals surface area contributed by atoms with Gasteiger partial charge in [0.2, 0.25) is 0 Å². The molecule has 0 saturated heterocycles. The van der Waals surface area contributed by atoms with E-state index >= 15 is 0 Å². The van der Waals surface area contributed by atoms with Crippen molar-refractivity contribution in [3.05, 3.63) is 48.0 Å². The van der Waals surface area contributed by atoms with Crippen molar-refractivity contribution in [2.45, 2.75) is 17.7 Å². The Labute approximate surface area is 119 Å². The van der Waals surface area contributed by atoms with Crippen LogP contribution in [0, 0.1) is 0 Å². The highest BCUT2D eigenvalue weighted by Crippen LogP contribution is 2.24. The van der Waals surface area contributed by atoms with E-state index in [2.05, 4.69) is 6.58 Å². The molecule has 2 atom stereocenters. The average molecular weight is 297 g/mol. The number of rotatable bonds is 6. The number of hydrogen-bond donors (Lipinski definition) is 1. The number of hydrogen-bond acceptors (Lipinski definition) is 5. The summed E-state index contributed by atoms with van der Waals surface area (Å²) >= 11 is 0. The van der Waals surface area contributed by atoms with Gasteiger partial charge >= 0.3 is 5.97 Å². The standard InChI is InChI=1S/C14H19NO4S/c1-4-5-12(14(16)19-2)10-6-8-11(9-7-10)13(15)20(3,17)18/h4,6-9,12-13H,1,5,15H2,2-3H3. The summed E-state index contributed by atoms with van der Waals surface area (Å²) in [5, 5.41) is -1.06. The molecule has 2 N–H and O–H groups in total. The van der Waals surface area contributed by atoms with E-state index in [4.69, 9.17) is 10.5 Å². The molecule has 0 fully saturated rings. The van der Waals surface area contributed by atoms with Crippen molar-refractivity contribution in [2.24, 2.45) is 5.73 Å². The van der Waals surface area contributed by atoms with Crippen LogP contribution in [0.4, 0.5) is 0 Å². The van der Waals surface area contributed by atoms with Crippen molar-refractivity contribution in [1.82, 2.24) is 0 Å². The van der Waals surface area contributed by atoms with Crippen LogP contribution in [0.25, 0.3) is 0 Å². The lowest BCUT2D eigenvalue weighted by Crippen LogP contribution is -2.20. The van der Waals surface area contributed by atoms with Gasteiger partial charge in [0.15, 0.2) is 9.84 Å². The Hall–Kier alpha value is -1.66. The van der Waals surface area contributed by atoms with Crippen LogP contribution in [-0.2, 0) is 19.4 Å². The third kappa shape index (κ3) is 3.91. The minimum Gasteiger partial charge on any atom is -0.469 e. The van der Waals surface area contributed by atoms with Crippen molar-refractivity contribution in [1.29, 1.82) is 0 Å². The summed E-state index contributed by atoms with van der Waals surface area (Å²) in [6.45, 7) is 3.61. The van der Waals surface area contributed by atoms with E-state index in [-0.39, 0.29) is 5.97 Å². The Morgan fingerprint density at radius 1 is 1.35 bits per heavy atom. The number of carbonyl (C=O) groups is 1. The molecule has 1 aromatic carbocycles. The third-order valence-corrected chi connectivity index (χ3v) is 4.21. The lowest BCUT2D eigenvalue weighted by atomic mass is 9.95. The van der Waals surface area contributed by atoms with Gasteiger partial charge in [0, 0.05) is 6.26 Å². The van der Waals surface area contributed by atoms with Crippen molar-refractivity contribution in [3.63, 3.8) is 0 Å². The van der Waals surface area contributed by atoms with Crippen LogP contribution in [0.3, 0.4) is 0 Å². The summed E-state index contributed by atoms with van der Waals surface area (Å²) < 4.78 is 27.5. The van der Waals surface area contributed by atoms with E-state index in [0.717, 1.165) is 11.8 Å². The molecule has 0 bridgehead atoms. The summed E-state index contributed by atoms with van der Waals surface area (Å²) in [5.41, 5.74) is 6.87. The van der Waals surface area contributed by atoms with Gasteiger partial charge in [0.1, 0.15) is 5.37 Å². The summed E-state index contributed by atoms with van der Waals surface area (Å²) in [4.78, 5) is 11.7. The molecular weight excluding hydrogens is 278 g/mol. The molecule has 20 heavy (non-hydrogen) atoms. The molecule has 5 nitrogen and oxygen atoms in total. The smallest absolute Gasteiger partial charge is 0.313 e. The molecule has 110 valence electrons. The SMILES string of the molecule is C=CCC(C(=O)OC)c1ccc(C(N)S(C)(=O)=O)cc1. The Balaban J connectivity index is 3.05. The fourth-order valence-corrected chi connectivity index (χ4v) is 2.49. The van der Waals surface area contributed by atoms with Crippen LogP contribution in [-0.4, -0.2) is 27.8 Å². The second-order valence-corrected chi connectivity index (χ2v) is 6.68. The first-order valence-electron chi connectivity index (χ1n) is 6.04. The number of sulfone groups is 1. The molecule has 1 rings (SSSR count). The second-order valence-electron chi connectivity index (χ2n) is 4.52. The Kier molecular flexibility index (Phi) is 5.47. The first-order chi connectivity index (χ1) is 9.31. The molecule has 0 aliphatic rings. The van der Waals surface area contributed by atoms with E-state index in [1.807, 2.05) is 0 Å². The van der Waals surface area contributed by atoms with E-state index in [9.17, 15) is 13.2 Å². The van der Waals surface area contributed by atoms with Gasteiger partial charge in [-0.2, -0.15) is 0 Å². The molecule has 0 amide bonds. The van der Waals surface area contributed by atoms with Crippen molar-refractivity contribution in [2.75, 3.05) is 13.4 Å². The van der Waals surface area contributed by atoms with Crippen LogP contribution >= 0.6 is 0 Å². The van der Waals surface area contributed by atoms with E-state index in [1.54, 1.807) is 30.3 Å². The van der Waals surface area contributed by atoms with Crippen molar-refractivity contribution >= 4 is 15.8 Å². The van der Waals surface area contributed by atoms with Gasteiger partial charge in [0.25, 0.3) is 0 Å². The molecule has 0 spiro atoms. The average Bonchev–Trinajstić information content (AvgIpc) is 2.42. The van der Waals surface area contributed by atoms with Gasteiger partial charge < -0.3 is 10.5 Å². The summed E-state index contributed by atoms with van der Waals surface area (Å²) in [7, 11) is -2.02. The molecule has 6 heteroatoms. The van der Waals surface area contributed by atoms with Crippen LogP contribution in [0.1, 0.15) is 28.8 Å². The molecule has 0 radical (unpaired) electrons. The lowest BCUT2D eigenvalue weighted by molar-refractivity contribution is -0.142. The number of methoxy groups -OCH3 is 1. The van der Waals surface area contributed by atoms with Gasteiger partial charge in [-0.15, -0.1) is 6.58 Å². The number of nitrogens with two attached hydrogens (primary N) is 1. The number of benzene rings is 1. The summed E-state index contributed by atoms with van der Waals surface area (Å²) in [6.07, 6.45) is 3.17. The first kappa shape index (κ1) is 16.4. The topological polar surface area (TPSA) is 86.5 Å². The van der Waals surface area contributed by atoms with Crippen molar-refractivity contribution < 1.29 is 17.9 Å². The minimum atomic E-state index is -3.35. The number of esters is 1. The Morgan fingerprint density at radius 3 is 2.25 bits per heavy atom. The normalized spacial score (nSPS) is 14.3. The predicted octanol–water partition coefficient (Wildman–Crippen LogP) is 1.52. The number of ether oxygens (including phenoxy) is 1.